The van der Waals surface area contributed by atoms with E-state index in [4.69, 9.17) is 4.74 Å². The molecule has 5 rings (SSSR count). The Balaban J connectivity index is 1.05. The first-order valence-corrected chi connectivity index (χ1v) is 12.0. The molecule has 1 aliphatic heterocycles. The molecular formula is C26H32N4O2. The fourth-order valence-electron chi connectivity index (χ4n) is 4.97. The second-order valence-electron chi connectivity index (χ2n) is 8.92. The quantitative estimate of drug-likeness (QED) is 0.576. The van der Waals surface area contributed by atoms with Gasteiger partial charge in [-0.05, 0) is 74.4 Å². The molecule has 0 radical (unpaired) electrons. The fraction of sp³-hybridized carbons (Fsp3) is 0.462. The highest BCUT2D eigenvalue weighted by Crippen LogP contribution is 2.31. The van der Waals surface area contributed by atoms with Crippen LogP contribution in [0.25, 0.3) is 11.0 Å². The predicted octanol–water partition coefficient (Wildman–Crippen LogP) is 3.78. The molecule has 1 aromatic carbocycles. The highest BCUT2D eigenvalue weighted by Gasteiger charge is 2.21. The molecule has 32 heavy (non-hydrogen) atoms. The number of benzene rings is 1. The van der Waals surface area contributed by atoms with E-state index in [1.165, 1.54) is 37.4 Å². The average Bonchev–Trinajstić information content (AvgIpc) is 2.83. The fourth-order valence-corrected chi connectivity index (χ4v) is 4.97. The van der Waals surface area contributed by atoms with Crippen LogP contribution in [0, 0.1) is 0 Å². The van der Waals surface area contributed by atoms with Gasteiger partial charge in [-0.15, -0.1) is 0 Å². The number of rotatable bonds is 7. The van der Waals surface area contributed by atoms with Crippen LogP contribution in [-0.4, -0.2) is 54.2 Å². The van der Waals surface area contributed by atoms with Gasteiger partial charge in [0.2, 0.25) is 11.4 Å². The molecule has 0 atom stereocenters. The molecule has 2 aliphatic rings. The van der Waals surface area contributed by atoms with Crippen LogP contribution in [0.2, 0.25) is 0 Å². The number of pyridine rings is 2. The van der Waals surface area contributed by atoms with Crippen molar-refractivity contribution in [1.29, 1.82) is 0 Å². The summed E-state index contributed by atoms with van der Waals surface area (Å²) in [5, 5.41) is 0.909. The molecule has 168 valence electrons. The maximum atomic E-state index is 11.5. The van der Waals surface area contributed by atoms with E-state index in [-0.39, 0.29) is 5.56 Å². The van der Waals surface area contributed by atoms with Crippen molar-refractivity contribution in [2.75, 3.05) is 44.2 Å². The van der Waals surface area contributed by atoms with Crippen LogP contribution in [0.1, 0.15) is 36.8 Å². The molecule has 1 N–H and O–H groups in total. The van der Waals surface area contributed by atoms with Crippen LogP contribution >= 0.6 is 0 Å². The zero-order chi connectivity index (χ0) is 21.8. The van der Waals surface area contributed by atoms with Crippen LogP contribution in [0.4, 0.5) is 5.69 Å². The maximum absolute atomic E-state index is 11.5. The van der Waals surface area contributed by atoms with Crippen molar-refractivity contribution >= 4 is 16.7 Å². The van der Waals surface area contributed by atoms with Crippen molar-refractivity contribution < 1.29 is 4.74 Å². The third-order valence-corrected chi connectivity index (χ3v) is 6.76. The predicted molar refractivity (Wildman–Crippen MR) is 129 cm³/mol. The molecule has 1 aliphatic carbocycles. The monoisotopic (exact) mass is 432 g/mol. The summed E-state index contributed by atoms with van der Waals surface area (Å²) in [6.45, 7) is 6.25. The number of H-pyrrole nitrogens is 1. The van der Waals surface area contributed by atoms with Crippen molar-refractivity contribution in [3.63, 3.8) is 0 Å². The number of anilines is 1. The first-order valence-electron chi connectivity index (χ1n) is 12.0. The molecule has 3 aromatic rings. The molecule has 0 bridgehead atoms. The van der Waals surface area contributed by atoms with E-state index in [9.17, 15) is 4.79 Å². The maximum Gasteiger partial charge on any atom is 0.249 e. The Bertz CT molecular complexity index is 1120. The van der Waals surface area contributed by atoms with Crippen LogP contribution in [0.5, 0.6) is 5.88 Å². The number of nitrogens with zero attached hydrogens (tertiary/aromatic N) is 3. The molecular weight excluding hydrogens is 400 g/mol. The number of fused-ring (bicyclic) bond motifs is 2. The van der Waals surface area contributed by atoms with Gasteiger partial charge >= 0.3 is 0 Å². The van der Waals surface area contributed by atoms with Gasteiger partial charge in [-0.2, -0.15) is 4.98 Å². The zero-order valence-corrected chi connectivity index (χ0v) is 18.7. The Morgan fingerprint density at radius 2 is 1.78 bits per heavy atom. The number of aryl methyl sites for hydroxylation is 1. The molecule has 1 saturated heterocycles. The van der Waals surface area contributed by atoms with Crippen LogP contribution < -0.4 is 15.2 Å². The normalized spacial score (nSPS) is 16.8. The van der Waals surface area contributed by atoms with E-state index in [0.717, 1.165) is 51.0 Å². The van der Waals surface area contributed by atoms with Gasteiger partial charge in [0, 0.05) is 49.4 Å². The van der Waals surface area contributed by atoms with Crippen LogP contribution in [0.3, 0.4) is 0 Å². The lowest BCUT2D eigenvalue weighted by Crippen LogP contribution is -2.47. The SMILES string of the molecule is O=c1ccc2ccc(OCCCCN3CCN(c4cccc5c4CCCC5)CC3)nc2[nH]1. The minimum absolute atomic E-state index is 0.144. The molecule has 6 nitrogen and oxygen atoms in total. The summed E-state index contributed by atoms with van der Waals surface area (Å²) in [6.07, 6.45) is 7.28. The third-order valence-electron chi connectivity index (χ3n) is 6.76. The number of hydrogen-bond donors (Lipinski definition) is 1. The molecule has 0 unspecified atom stereocenters. The summed E-state index contributed by atoms with van der Waals surface area (Å²) >= 11 is 0. The summed E-state index contributed by atoms with van der Waals surface area (Å²) in [5.74, 6) is 0.569. The second-order valence-corrected chi connectivity index (χ2v) is 8.92. The lowest BCUT2D eigenvalue weighted by molar-refractivity contribution is 0.236. The van der Waals surface area contributed by atoms with Crippen molar-refractivity contribution in [2.24, 2.45) is 0 Å². The third kappa shape index (κ3) is 4.80. The molecule has 2 aromatic heterocycles. The molecule has 3 heterocycles. The van der Waals surface area contributed by atoms with Gasteiger partial charge < -0.3 is 14.6 Å². The Kier molecular flexibility index (Phi) is 6.39. The zero-order valence-electron chi connectivity index (χ0n) is 18.7. The van der Waals surface area contributed by atoms with Crippen molar-refractivity contribution in [1.82, 2.24) is 14.9 Å². The summed E-state index contributed by atoms with van der Waals surface area (Å²) < 4.78 is 5.81. The van der Waals surface area contributed by atoms with Crippen molar-refractivity contribution in [2.45, 2.75) is 38.5 Å². The summed E-state index contributed by atoms with van der Waals surface area (Å²) in [5.41, 5.74) is 5.10. The van der Waals surface area contributed by atoms with Gasteiger partial charge in [0.15, 0.2) is 0 Å². The van der Waals surface area contributed by atoms with Gasteiger partial charge in [-0.25, -0.2) is 0 Å². The Labute approximate surface area is 189 Å². The number of piperazine rings is 1. The second kappa shape index (κ2) is 9.74. The van der Waals surface area contributed by atoms with Crippen molar-refractivity contribution in [3.8, 4) is 5.88 Å². The number of aromatic amines is 1. The average molecular weight is 433 g/mol. The highest BCUT2D eigenvalue weighted by molar-refractivity contribution is 5.74. The van der Waals surface area contributed by atoms with E-state index in [2.05, 4.69) is 38.0 Å². The standard InChI is InChI=1S/C26H32N4O2/c31-24-12-10-21-11-13-25(28-26(21)27-24)32-19-4-3-14-29-15-17-30(18-16-29)23-9-5-7-20-6-1-2-8-22(20)23/h5,7,9-13H,1-4,6,8,14-19H2,(H,27,28,31). The number of unbranched alkanes of at least 4 members (excludes halogenated alkanes) is 1. The lowest BCUT2D eigenvalue weighted by atomic mass is 9.90. The van der Waals surface area contributed by atoms with Crippen molar-refractivity contribution in [3.05, 3.63) is 63.9 Å². The minimum Gasteiger partial charge on any atom is -0.478 e. The molecule has 1 fully saturated rings. The Morgan fingerprint density at radius 3 is 2.69 bits per heavy atom. The van der Waals surface area contributed by atoms with Gasteiger partial charge in [0.05, 0.1) is 6.61 Å². The largest absolute Gasteiger partial charge is 0.478 e. The number of ether oxygens (including phenoxy) is 1. The topological polar surface area (TPSA) is 61.5 Å². The van der Waals surface area contributed by atoms with Crippen LogP contribution in [0.15, 0.2) is 47.3 Å². The summed E-state index contributed by atoms with van der Waals surface area (Å²) in [6, 6.07) is 14.0. The van der Waals surface area contributed by atoms with E-state index in [0.29, 0.717) is 18.1 Å². The molecule has 0 saturated carbocycles. The van der Waals surface area contributed by atoms with Gasteiger partial charge in [-0.3, -0.25) is 9.69 Å². The first-order chi connectivity index (χ1) is 15.8. The summed E-state index contributed by atoms with van der Waals surface area (Å²) in [4.78, 5) is 23.8. The first kappa shape index (κ1) is 21.0. The van der Waals surface area contributed by atoms with Crippen LogP contribution in [-0.2, 0) is 12.8 Å². The van der Waals surface area contributed by atoms with E-state index >= 15 is 0 Å². The number of hydrogen-bond acceptors (Lipinski definition) is 5. The number of aromatic nitrogens is 2. The van der Waals surface area contributed by atoms with E-state index in [1.807, 2.05) is 12.1 Å². The smallest absolute Gasteiger partial charge is 0.249 e. The summed E-state index contributed by atoms with van der Waals surface area (Å²) in [7, 11) is 0. The van der Waals surface area contributed by atoms with Gasteiger partial charge in [0.1, 0.15) is 5.65 Å². The Morgan fingerprint density at radius 1 is 0.938 bits per heavy atom. The Hall–Kier alpha value is -2.86. The molecule has 0 amide bonds. The number of nitrogens with one attached hydrogen (secondary N) is 1. The molecule has 6 heteroatoms. The van der Waals surface area contributed by atoms with E-state index in [1.54, 1.807) is 17.2 Å². The minimum atomic E-state index is -0.144. The highest BCUT2D eigenvalue weighted by atomic mass is 16.5. The lowest BCUT2D eigenvalue weighted by Gasteiger charge is -2.38. The van der Waals surface area contributed by atoms with E-state index < -0.39 is 0 Å². The van der Waals surface area contributed by atoms with Gasteiger partial charge in [0.25, 0.3) is 0 Å². The van der Waals surface area contributed by atoms with Gasteiger partial charge in [-0.1, -0.05) is 12.1 Å². The molecule has 0 spiro atoms.